The molecule has 1 aromatic rings. The van der Waals surface area contributed by atoms with Crippen LogP contribution in [-0.2, 0) is 6.54 Å². The van der Waals surface area contributed by atoms with Crippen molar-refractivity contribution in [2.24, 2.45) is 11.5 Å². The molecule has 0 amide bonds. The summed E-state index contributed by atoms with van der Waals surface area (Å²) in [5, 5.41) is 6.89. The van der Waals surface area contributed by atoms with E-state index in [2.05, 4.69) is 34.9 Å². The molecule has 4 heteroatoms. The Labute approximate surface area is 123 Å². The van der Waals surface area contributed by atoms with Gasteiger partial charge < -0.3 is 22.1 Å². The van der Waals surface area contributed by atoms with Crippen molar-refractivity contribution in [1.82, 2.24) is 10.6 Å². The molecule has 0 aliphatic heterocycles. The number of rotatable bonds is 12. The lowest BCUT2D eigenvalue weighted by Crippen LogP contribution is -2.28. The molecule has 1 unspecified atom stereocenters. The minimum Gasteiger partial charge on any atom is -0.330 e. The molecule has 1 aromatic carbocycles. The number of hydrogen-bond donors (Lipinski definition) is 4. The maximum Gasteiger partial charge on any atom is 0.0205 e. The molecule has 0 bridgehead atoms. The third-order valence-corrected chi connectivity index (χ3v) is 3.35. The van der Waals surface area contributed by atoms with Gasteiger partial charge in [0.15, 0.2) is 0 Å². The number of nitrogens with one attached hydrogen (secondary N) is 2. The Kier molecular flexibility index (Phi) is 10.1. The van der Waals surface area contributed by atoms with Crippen LogP contribution in [0.15, 0.2) is 30.3 Å². The van der Waals surface area contributed by atoms with Gasteiger partial charge in [0.1, 0.15) is 0 Å². The Bertz CT molecular complexity index is 316. The van der Waals surface area contributed by atoms with Crippen molar-refractivity contribution in [2.75, 3.05) is 26.2 Å². The summed E-state index contributed by atoms with van der Waals surface area (Å²) in [6, 6.07) is 10.8. The first kappa shape index (κ1) is 17.1. The average Bonchev–Trinajstić information content (AvgIpc) is 2.49. The molecule has 0 aliphatic carbocycles. The van der Waals surface area contributed by atoms with Crippen LogP contribution in [-0.4, -0.2) is 32.2 Å². The van der Waals surface area contributed by atoms with Crippen molar-refractivity contribution >= 4 is 0 Å². The van der Waals surface area contributed by atoms with Crippen molar-refractivity contribution in [1.29, 1.82) is 0 Å². The molecule has 0 radical (unpaired) electrons. The highest BCUT2D eigenvalue weighted by Crippen LogP contribution is 1.97. The second kappa shape index (κ2) is 11.9. The van der Waals surface area contributed by atoms with Crippen LogP contribution in [0, 0.1) is 0 Å². The summed E-state index contributed by atoms with van der Waals surface area (Å²) in [6.45, 7) is 4.79. The van der Waals surface area contributed by atoms with Crippen LogP contribution in [0.5, 0.6) is 0 Å². The van der Waals surface area contributed by atoms with Crippen LogP contribution in [0.25, 0.3) is 0 Å². The molecule has 0 spiro atoms. The minimum atomic E-state index is 0.294. The Balaban J connectivity index is 1.85. The van der Waals surface area contributed by atoms with Gasteiger partial charge in [0.25, 0.3) is 0 Å². The zero-order chi connectivity index (χ0) is 14.5. The van der Waals surface area contributed by atoms with Crippen LogP contribution in [0.2, 0.25) is 0 Å². The van der Waals surface area contributed by atoms with E-state index in [1.54, 1.807) is 0 Å². The fourth-order valence-corrected chi connectivity index (χ4v) is 2.10. The van der Waals surface area contributed by atoms with Crippen molar-refractivity contribution < 1.29 is 0 Å². The van der Waals surface area contributed by atoms with Crippen molar-refractivity contribution in [2.45, 2.75) is 38.3 Å². The Morgan fingerprint density at radius 2 is 1.65 bits per heavy atom. The summed E-state index contributed by atoms with van der Waals surface area (Å²) in [4.78, 5) is 0. The fourth-order valence-electron chi connectivity index (χ4n) is 2.10. The first-order valence-corrected chi connectivity index (χ1v) is 7.74. The summed E-state index contributed by atoms with van der Waals surface area (Å²) >= 11 is 0. The molecule has 1 rings (SSSR count). The average molecular weight is 278 g/mol. The normalized spacial score (nSPS) is 12.5. The largest absolute Gasteiger partial charge is 0.330 e. The molecular formula is C16H30N4. The van der Waals surface area contributed by atoms with Crippen LogP contribution >= 0.6 is 0 Å². The van der Waals surface area contributed by atoms with E-state index in [0.717, 1.165) is 58.4 Å². The SMILES string of the molecule is NCCCC(N)CCNCCCNCc1ccccc1. The van der Waals surface area contributed by atoms with Crippen LogP contribution < -0.4 is 22.1 Å². The van der Waals surface area contributed by atoms with E-state index in [9.17, 15) is 0 Å². The third kappa shape index (κ3) is 9.04. The van der Waals surface area contributed by atoms with Gasteiger partial charge in [0, 0.05) is 12.6 Å². The van der Waals surface area contributed by atoms with E-state index in [-0.39, 0.29) is 0 Å². The molecule has 0 saturated heterocycles. The van der Waals surface area contributed by atoms with Gasteiger partial charge in [0.2, 0.25) is 0 Å². The highest BCUT2D eigenvalue weighted by atomic mass is 14.9. The van der Waals surface area contributed by atoms with E-state index in [4.69, 9.17) is 11.5 Å². The lowest BCUT2D eigenvalue weighted by atomic mass is 10.1. The Morgan fingerprint density at radius 1 is 0.900 bits per heavy atom. The predicted octanol–water partition coefficient (Wildman–Crippen LogP) is 1.21. The van der Waals surface area contributed by atoms with Crippen LogP contribution in [0.3, 0.4) is 0 Å². The second-order valence-electron chi connectivity index (χ2n) is 5.25. The van der Waals surface area contributed by atoms with Gasteiger partial charge >= 0.3 is 0 Å². The second-order valence-corrected chi connectivity index (χ2v) is 5.25. The summed E-state index contributed by atoms with van der Waals surface area (Å²) < 4.78 is 0. The molecule has 20 heavy (non-hydrogen) atoms. The molecule has 6 N–H and O–H groups in total. The van der Waals surface area contributed by atoms with Crippen LogP contribution in [0.4, 0.5) is 0 Å². The van der Waals surface area contributed by atoms with Gasteiger partial charge in [-0.3, -0.25) is 0 Å². The lowest BCUT2D eigenvalue weighted by Gasteiger charge is -2.11. The van der Waals surface area contributed by atoms with E-state index >= 15 is 0 Å². The number of benzene rings is 1. The van der Waals surface area contributed by atoms with E-state index in [1.165, 1.54) is 5.56 Å². The summed E-state index contributed by atoms with van der Waals surface area (Å²) in [5.74, 6) is 0. The maximum atomic E-state index is 5.98. The first-order valence-electron chi connectivity index (χ1n) is 7.74. The molecule has 114 valence electrons. The quantitative estimate of drug-likeness (QED) is 0.434. The Hall–Kier alpha value is -0.940. The summed E-state index contributed by atoms with van der Waals surface area (Å²) in [5.41, 5.74) is 12.8. The summed E-state index contributed by atoms with van der Waals surface area (Å²) in [6.07, 6.45) is 4.25. The molecule has 0 saturated carbocycles. The van der Waals surface area contributed by atoms with Gasteiger partial charge in [-0.2, -0.15) is 0 Å². The lowest BCUT2D eigenvalue weighted by molar-refractivity contribution is 0.512. The van der Waals surface area contributed by atoms with E-state index in [0.29, 0.717) is 6.04 Å². The maximum absolute atomic E-state index is 5.98. The standard InChI is InChI=1S/C16H30N4/c17-10-4-8-16(18)9-13-19-11-5-12-20-14-15-6-2-1-3-7-15/h1-3,6-7,16,19-20H,4-5,8-14,17-18H2. The van der Waals surface area contributed by atoms with Gasteiger partial charge in [-0.15, -0.1) is 0 Å². The zero-order valence-corrected chi connectivity index (χ0v) is 12.5. The third-order valence-electron chi connectivity index (χ3n) is 3.35. The zero-order valence-electron chi connectivity index (χ0n) is 12.5. The topological polar surface area (TPSA) is 76.1 Å². The van der Waals surface area contributed by atoms with Crippen molar-refractivity contribution in [3.8, 4) is 0 Å². The molecule has 0 aliphatic rings. The van der Waals surface area contributed by atoms with E-state index < -0.39 is 0 Å². The summed E-state index contributed by atoms with van der Waals surface area (Å²) in [7, 11) is 0. The monoisotopic (exact) mass is 278 g/mol. The van der Waals surface area contributed by atoms with E-state index in [1.807, 2.05) is 6.07 Å². The van der Waals surface area contributed by atoms with Crippen molar-refractivity contribution in [3.63, 3.8) is 0 Å². The molecule has 1 atom stereocenters. The number of nitrogens with two attached hydrogens (primary N) is 2. The van der Waals surface area contributed by atoms with Crippen LogP contribution in [0.1, 0.15) is 31.2 Å². The predicted molar refractivity (Wildman–Crippen MR) is 86.5 cm³/mol. The Morgan fingerprint density at radius 3 is 2.40 bits per heavy atom. The molecular weight excluding hydrogens is 248 g/mol. The van der Waals surface area contributed by atoms with Gasteiger partial charge in [0.05, 0.1) is 0 Å². The molecule has 0 fully saturated rings. The van der Waals surface area contributed by atoms with Gasteiger partial charge in [-0.05, 0) is 57.4 Å². The first-order chi connectivity index (χ1) is 9.83. The fraction of sp³-hybridized carbons (Fsp3) is 0.625. The minimum absolute atomic E-state index is 0.294. The van der Waals surface area contributed by atoms with Crippen molar-refractivity contribution in [3.05, 3.63) is 35.9 Å². The highest BCUT2D eigenvalue weighted by Gasteiger charge is 2.00. The molecule has 4 nitrogen and oxygen atoms in total. The number of hydrogen-bond acceptors (Lipinski definition) is 4. The highest BCUT2D eigenvalue weighted by molar-refractivity contribution is 5.14. The molecule has 0 aromatic heterocycles. The van der Waals surface area contributed by atoms with Gasteiger partial charge in [-0.25, -0.2) is 0 Å². The smallest absolute Gasteiger partial charge is 0.0205 e. The molecule has 0 heterocycles. The van der Waals surface area contributed by atoms with Gasteiger partial charge in [-0.1, -0.05) is 30.3 Å².